The van der Waals surface area contributed by atoms with E-state index >= 15 is 0 Å². The summed E-state index contributed by atoms with van der Waals surface area (Å²) in [7, 11) is 0. The first-order valence-electron chi connectivity index (χ1n) is 11.2. The van der Waals surface area contributed by atoms with Crippen LogP contribution in [0.15, 0.2) is 133 Å². The van der Waals surface area contributed by atoms with Gasteiger partial charge < -0.3 is 0 Å². The molecule has 0 saturated carbocycles. The quantitative estimate of drug-likeness (QED) is 0.214. The number of hydrogen-bond acceptors (Lipinski definition) is 0. The Morgan fingerprint density at radius 3 is 1.52 bits per heavy atom. The van der Waals surface area contributed by atoms with Gasteiger partial charge in [-0.1, -0.05) is 36.4 Å². The molecular formula is C32H26Zr. The predicted molar refractivity (Wildman–Crippen MR) is 139 cm³/mol. The minimum atomic E-state index is 1.02. The zero-order valence-electron chi connectivity index (χ0n) is 18.8. The zero-order valence-corrected chi connectivity index (χ0v) is 21.3. The van der Waals surface area contributed by atoms with Crippen LogP contribution in [0, 0.1) is 6.08 Å². The largest absolute Gasteiger partial charge is 0.126 e. The molecule has 1 aliphatic carbocycles. The van der Waals surface area contributed by atoms with Gasteiger partial charge in [0, 0.05) is 0 Å². The first-order valence-corrected chi connectivity index (χ1v) is 12.4. The average molecular weight is 502 g/mol. The molecule has 5 aromatic carbocycles. The first-order chi connectivity index (χ1) is 16.2. The van der Waals surface area contributed by atoms with Crippen LogP contribution in [0.5, 0.6) is 0 Å². The molecule has 0 unspecified atom stereocenters. The molecule has 0 N–H and O–H groups in total. The monoisotopic (exact) mass is 500 g/mol. The molecule has 0 atom stereocenters. The van der Waals surface area contributed by atoms with Gasteiger partial charge in [0.15, 0.2) is 0 Å². The third-order valence-electron chi connectivity index (χ3n) is 5.52. The molecular weight excluding hydrogens is 476 g/mol. The van der Waals surface area contributed by atoms with E-state index in [9.17, 15) is 0 Å². The Labute approximate surface area is 211 Å². The van der Waals surface area contributed by atoms with E-state index in [0.717, 1.165) is 6.42 Å². The van der Waals surface area contributed by atoms with Crippen LogP contribution in [0.3, 0.4) is 0 Å². The van der Waals surface area contributed by atoms with Gasteiger partial charge in [0.05, 0.1) is 0 Å². The third-order valence-corrected chi connectivity index (χ3v) is 6.94. The molecule has 33 heavy (non-hydrogen) atoms. The number of hydrogen-bond donors (Lipinski definition) is 0. The summed E-state index contributed by atoms with van der Waals surface area (Å²) in [6, 6.07) is 40.4. The normalized spacial score (nSPS) is 11.9. The van der Waals surface area contributed by atoms with Gasteiger partial charge >= 0.3 is 99.2 Å². The molecule has 6 rings (SSSR count). The molecule has 0 aliphatic heterocycles. The summed E-state index contributed by atoms with van der Waals surface area (Å²) in [6.45, 7) is 2.08. The first kappa shape index (κ1) is 23.2. The maximum Gasteiger partial charge on any atom is -0.0771 e. The summed E-state index contributed by atoms with van der Waals surface area (Å²) in [5, 5.41) is 5.39. The second kappa shape index (κ2) is 11.7. The summed E-state index contributed by atoms with van der Waals surface area (Å²) in [5.41, 5.74) is 4.00. The number of fused-ring (bicyclic) bond motifs is 3. The van der Waals surface area contributed by atoms with Gasteiger partial charge in [0.2, 0.25) is 0 Å². The van der Waals surface area contributed by atoms with E-state index in [4.69, 9.17) is 0 Å². The summed E-state index contributed by atoms with van der Waals surface area (Å²) >= 11 is 1.46. The smallest absolute Gasteiger partial charge is 0.0771 e. The molecule has 0 aromatic heterocycles. The maximum atomic E-state index is 3.05. The molecule has 1 aliphatic rings. The number of benzene rings is 4. The van der Waals surface area contributed by atoms with Gasteiger partial charge in [0.25, 0.3) is 0 Å². The van der Waals surface area contributed by atoms with Crippen molar-refractivity contribution in [3.8, 4) is 0 Å². The van der Waals surface area contributed by atoms with Gasteiger partial charge in [-0.05, 0) is 0 Å². The van der Waals surface area contributed by atoms with Gasteiger partial charge in [-0.15, -0.1) is 53.1 Å². The number of allylic oxidation sites excluding steroid dienone is 4. The second-order valence-corrected chi connectivity index (χ2v) is 9.16. The van der Waals surface area contributed by atoms with Crippen LogP contribution in [0.1, 0.15) is 24.5 Å². The topological polar surface area (TPSA) is 0 Å². The summed E-state index contributed by atoms with van der Waals surface area (Å²) in [5.74, 6) is 0. The molecule has 0 fully saturated rings. The summed E-state index contributed by atoms with van der Waals surface area (Å²) < 4.78 is 1.42. The standard InChI is InChI=1S/C13H9.C13H10.C6H7.Zr/c1-3-7-12-10(5-1)9-11-6-2-4-8-13(11)12;1-3-7-12(8-4-1)11-13-9-5-2-6-10-13;1-6-4-2-3-5-6;/h1-9H;1-10H;4-5H,2H2,1H3;/q-1;;-1;+2. The Morgan fingerprint density at radius 1 is 0.667 bits per heavy atom. The minimum absolute atomic E-state index is 1.02. The van der Waals surface area contributed by atoms with Crippen molar-refractivity contribution in [3.63, 3.8) is 0 Å². The van der Waals surface area contributed by atoms with Crippen molar-refractivity contribution in [2.75, 3.05) is 0 Å². The fourth-order valence-corrected chi connectivity index (χ4v) is 4.60. The van der Waals surface area contributed by atoms with E-state index < -0.39 is 0 Å². The van der Waals surface area contributed by atoms with E-state index in [0.29, 0.717) is 0 Å². The fourth-order valence-electron chi connectivity index (χ4n) is 3.78. The molecule has 0 amide bonds. The molecule has 1 heteroatoms. The molecule has 0 spiro atoms. The van der Waals surface area contributed by atoms with Crippen molar-refractivity contribution in [2.45, 2.75) is 13.3 Å². The average Bonchev–Trinajstić information content (AvgIpc) is 3.52. The molecule has 0 bridgehead atoms. The third kappa shape index (κ3) is 6.28. The van der Waals surface area contributed by atoms with E-state index in [-0.39, 0.29) is 0 Å². The Bertz CT molecular complexity index is 1290. The predicted octanol–water partition coefficient (Wildman–Crippen LogP) is 8.21. The SMILES string of the molecule is CC1=CC[C-]=C1.[Zr+2]=[C](c1ccccc1)c1ccccc1.c1ccc2c(c1)[cH-]c1ccccc12. The van der Waals surface area contributed by atoms with Gasteiger partial charge in [-0.2, -0.15) is 6.08 Å². The van der Waals surface area contributed by atoms with Crippen molar-refractivity contribution < 1.29 is 24.2 Å². The molecule has 5 aromatic rings. The van der Waals surface area contributed by atoms with Crippen molar-refractivity contribution >= 4 is 24.8 Å². The van der Waals surface area contributed by atoms with Gasteiger partial charge in [-0.25, -0.2) is 11.6 Å². The van der Waals surface area contributed by atoms with Crippen molar-refractivity contribution in [3.05, 3.63) is 150 Å². The Morgan fingerprint density at radius 2 is 1.12 bits per heavy atom. The van der Waals surface area contributed by atoms with Gasteiger partial charge in [-0.3, -0.25) is 6.08 Å². The van der Waals surface area contributed by atoms with Crippen LogP contribution in [-0.4, -0.2) is 3.21 Å². The zero-order chi connectivity index (χ0) is 22.9. The molecule has 158 valence electrons. The Hall–Kier alpha value is -3.02. The Kier molecular flexibility index (Phi) is 8.23. The summed E-state index contributed by atoms with van der Waals surface area (Å²) in [6.07, 6.45) is 8.24. The fraction of sp³-hybridized carbons (Fsp3) is 0.0625. The van der Waals surface area contributed by atoms with Crippen molar-refractivity contribution in [2.24, 2.45) is 0 Å². The van der Waals surface area contributed by atoms with E-state index in [1.807, 2.05) is 6.08 Å². The van der Waals surface area contributed by atoms with Crippen LogP contribution < -0.4 is 0 Å². The van der Waals surface area contributed by atoms with Crippen LogP contribution in [0.4, 0.5) is 0 Å². The van der Waals surface area contributed by atoms with Crippen LogP contribution >= 0.6 is 0 Å². The molecule has 0 radical (unpaired) electrons. The van der Waals surface area contributed by atoms with Crippen LogP contribution in [0.2, 0.25) is 0 Å². The minimum Gasteiger partial charge on any atom is -0.126 e. The van der Waals surface area contributed by atoms with Crippen molar-refractivity contribution in [1.29, 1.82) is 0 Å². The maximum absolute atomic E-state index is 3.05. The van der Waals surface area contributed by atoms with E-state index in [1.54, 1.807) is 0 Å². The van der Waals surface area contributed by atoms with E-state index in [2.05, 4.69) is 134 Å². The van der Waals surface area contributed by atoms with Crippen LogP contribution in [0.25, 0.3) is 21.5 Å². The second-order valence-electron chi connectivity index (χ2n) is 7.93. The molecule has 0 nitrogen and oxygen atoms in total. The van der Waals surface area contributed by atoms with E-state index in [1.165, 1.54) is 65.7 Å². The number of rotatable bonds is 2. The Balaban J connectivity index is 0.000000127. The van der Waals surface area contributed by atoms with Crippen molar-refractivity contribution in [1.82, 2.24) is 0 Å². The molecule has 0 heterocycles. The summed E-state index contributed by atoms with van der Waals surface area (Å²) in [4.78, 5) is 0. The molecule has 0 saturated heterocycles. The van der Waals surface area contributed by atoms with Crippen LogP contribution in [-0.2, 0) is 24.2 Å². The van der Waals surface area contributed by atoms with Gasteiger partial charge in [0.1, 0.15) is 0 Å².